The van der Waals surface area contributed by atoms with E-state index in [4.69, 9.17) is 0 Å². The van der Waals surface area contributed by atoms with E-state index in [1.165, 1.54) is 12.6 Å². The maximum atomic E-state index is 12.5. The largest absolute Gasteiger partial charge is 0.347 e. The first kappa shape index (κ1) is 21.6. The highest BCUT2D eigenvalue weighted by molar-refractivity contribution is 6.90. The maximum absolute atomic E-state index is 12.5. The van der Waals surface area contributed by atoms with Gasteiger partial charge in [0.15, 0.2) is 0 Å². The van der Waals surface area contributed by atoms with Crippen LogP contribution in [0.15, 0.2) is 18.6 Å². The van der Waals surface area contributed by atoms with Crippen LogP contribution in [0, 0.1) is 17.4 Å². The van der Waals surface area contributed by atoms with Crippen LogP contribution in [0.4, 0.5) is 0 Å². The first-order chi connectivity index (χ1) is 12.8. The number of carbonyl (C=O) groups is 1. The Balaban J connectivity index is 2.22. The lowest BCUT2D eigenvalue weighted by Crippen LogP contribution is -2.45. The van der Waals surface area contributed by atoms with Crippen LogP contribution >= 0.6 is 0 Å². The number of nitrogens with zero attached hydrogens (tertiary/aromatic N) is 2. The molecular weight excluding hydrogens is 350 g/mol. The maximum Gasteiger partial charge on any atom is 0.271 e. The van der Waals surface area contributed by atoms with Crippen molar-refractivity contribution in [1.29, 1.82) is 0 Å². The highest BCUT2D eigenvalue weighted by Crippen LogP contribution is 2.41. The van der Waals surface area contributed by atoms with E-state index >= 15 is 0 Å². The van der Waals surface area contributed by atoms with Crippen LogP contribution in [-0.4, -0.2) is 30.0 Å². The van der Waals surface area contributed by atoms with Crippen molar-refractivity contribution in [1.82, 2.24) is 15.3 Å². The molecule has 0 bridgehead atoms. The molecule has 1 N–H and O–H groups in total. The molecule has 1 aromatic heterocycles. The van der Waals surface area contributed by atoms with Gasteiger partial charge in [0.05, 0.1) is 6.20 Å². The Morgan fingerprint density at radius 3 is 2.26 bits per heavy atom. The summed E-state index contributed by atoms with van der Waals surface area (Å²) in [6, 6.07) is 0.110. The van der Waals surface area contributed by atoms with E-state index in [0.717, 1.165) is 19.3 Å². The van der Waals surface area contributed by atoms with Gasteiger partial charge < -0.3 is 5.32 Å². The lowest BCUT2D eigenvalue weighted by Gasteiger charge is -2.38. The number of hydrogen-bond donors (Lipinski definition) is 1. The van der Waals surface area contributed by atoms with Gasteiger partial charge >= 0.3 is 0 Å². The summed E-state index contributed by atoms with van der Waals surface area (Å²) in [7, 11) is -1.74. The van der Waals surface area contributed by atoms with Crippen molar-refractivity contribution in [3.8, 4) is 11.5 Å². The molecule has 148 valence electrons. The van der Waals surface area contributed by atoms with Crippen LogP contribution in [0.3, 0.4) is 0 Å². The van der Waals surface area contributed by atoms with E-state index < -0.39 is 8.07 Å². The molecule has 27 heavy (non-hydrogen) atoms. The number of carbonyl (C=O) groups excluding carboxylic acids is 1. The molecule has 1 amide bonds. The molecule has 0 saturated heterocycles. The van der Waals surface area contributed by atoms with Crippen LogP contribution in [0.2, 0.25) is 16.6 Å². The zero-order valence-electron chi connectivity index (χ0n) is 17.7. The Kier molecular flexibility index (Phi) is 7.61. The standard InChI is InChI=1S/C22H35N3OSi/c1-16(2)27(17(3)4,18(5)6)14-11-19-9-7-8-10-20(19)25-22(26)21-15-23-12-13-24-21/h12-13,15-20H,7-10H2,1-6H3,(H,25,26). The third-order valence-corrected chi connectivity index (χ3v) is 12.5. The molecule has 1 saturated carbocycles. The van der Waals surface area contributed by atoms with Crippen molar-refractivity contribution in [2.24, 2.45) is 5.92 Å². The lowest BCUT2D eigenvalue weighted by molar-refractivity contribution is 0.0912. The SMILES string of the molecule is CC(C)[Si](C#CC1CCCCC1NC(=O)c1cnccn1)(C(C)C)C(C)C. The molecule has 1 fully saturated rings. The molecule has 2 unspecified atom stereocenters. The second-order valence-electron chi connectivity index (χ2n) is 8.73. The highest BCUT2D eigenvalue weighted by Gasteiger charge is 2.42. The van der Waals surface area contributed by atoms with E-state index in [9.17, 15) is 4.79 Å². The Bertz CT molecular complexity index is 654. The molecule has 0 aromatic carbocycles. The molecule has 0 aliphatic heterocycles. The minimum absolute atomic E-state index is 0.110. The van der Waals surface area contributed by atoms with E-state index in [2.05, 4.69) is 68.3 Å². The van der Waals surface area contributed by atoms with Gasteiger partial charge in [0.2, 0.25) is 0 Å². The van der Waals surface area contributed by atoms with Crippen molar-refractivity contribution >= 4 is 14.0 Å². The molecule has 4 nitrogen and oxygen atoms in total. The number of hydrogen-bond acceptors (Lipinski definition) is 3. The highest BCUT2D eigenvalue weighted by atomic mass is 28.3. The first-order valence-corrected chi connectivity index (χ1v) is 12.6. The molecule has 0 spiro atoms. The van der Waals surface area contributed by atoms with Crippen molar-refractivity contribution in [3.63, 3.8) is 0 Å². The van der Waals surface area contributed by atoms with Gasteiger partial charge in [-0.05, 0) is 29.5 Å². The predicted octanol–water partition coefficient (Wildman–Crippen LogP) is 4.99. The summed E-state index contributed by atoms with van der Waals surface area (Å²) in [5.41, 5.74) is 6.11. The van der Waals surface area contributed by atoms with Gasteiger partial charge in [0.1, 0.15) is 13.8 Å². The molecule has 1 heterocycles. The summed E-state index contributed by atoms with van der Waals surface area (Å²) in [6.45, 7) is 14.1. The topological polar surface area (TPSA) is 54.9 Å². The van der Waals surface area contributed by atoms with Crippen LogP contribution in [-0.2, 0) is 0 Å². The summed E-state index contributed by atoms with van der Waals surface area (Å²) in [4.78, 5) is 20.7. The second kappa shape index (κ2) is 9.50. The van der Waals surface area contributed by atoms with Gasteiger partial charge in [-0.15, -0.1) is 11.5 Å². The minimum Gasteiger partial charge on any atom is -0.347 e. The Hall–Kier alpha value is -1.67. The van der Waals surface area contributed by atoms with Gasteiger partial charge in [0.25, 0.3) is 5.91 Å². The third kappa shape index (κ3) is 4.98. The first-order valence-electron chi connectivity index (χ1n) is 10.4. The molecule has 1 aliphatic carbocycles. The molecule has 1 aromatic rings. The number of amides is 1. The monoisotopic (exact) mass is 385 g/mol. The molecule has 2 atom stereocenters. The van der Waals surface area contributed by atoms with Crippen molar-refractivity contribution in [3.05, 3.63) is 24.3 Å². The Labute approximate surface area is 166 Å². The zero-order valence-corrected chi connectivity index (χ0v) is 18.7. The third-order valence-electron chi connectivity index (χ3n) is 6.22. The molecule has 5 heteroatoms. The summed E-state index contributed by atoms with van der Waals surface area (Å²) in [6.07, 6.45) is 9.05. The fourth-order valence-corrected chi connectivity index (χ4v) is 10.1. The molecule has 2 rings (SSSR count). The van der Waals surface area contributed by atoms with Crippen LogP contribution < -0.4 is 5.32 Å². The van der Waals surface area contributed by atoms with Gasteiger partial charge in [-0.3, -0.25) is 9.78 Å². The van der Waals surface area contributed by atoms with E-state index in [1.807, 2.05) is 0 Å². The van der Waals surface area contributed by atoms with Gasteiger partial charge in [0, 0.05) is 24.4 Å². The predicted molar refractivity (Wildman–Crippen MR) is 114 cm³/mol. The normalized spacial score (nSPS) is 20.5. The van der Waals surface area contributed by atoms with Crippen molar-refractivity contribution in [2.75, 3.05) is 0 Å². The molecular formula is C22H35N3OSi. The van der Waals surface area contributed by atoms with Crippen LogP contribution in [0.5, 0.6) is 0 Å². The van der Waals surface area contributed by atoms with Gasteiger partial charge in [-0.25, -0.2) is 4.98 Å². The number of rotatable bonds is 5. The van der Waals surface area contributed by atoms with E-state index in [-0.39, 0.29) is 17.9 Å². The zero-order chi connectivity index (χ0) is 20.0. The molecule has 1 aliphatic rings. The summed E-state index contributed by atoms with van der Waals surface area (Å²) >= 11 is 0. The summed E-state index contributed by atoms with van der Waals surface area (Å²) in [5, 5.41) is 3.18. The van der Waals surface area contributed by atoms with E-state index in [0.29, 0.717) is 22.3 Å². The van der Waals surface area contributed by atoms with Crippen molar-refractivity contribution < 1.29 is 4.79 Å². The Morgan fingerprint density at radius 1 is 1.07 bits per heavy atom. The minimum atomic E-state index is -1.74. The smallest absolute Gasteiger partial charge is 0.271 e. The van der Waals surface area contributed by atoms with Gasteiger partial charge in [-0.1, -0.05) is 54.4 Å². The fraction of sp³-hybridized carbons (Fsp3) is 0.682. The Morgan fingerprint density at radius 2 is 1.70 bits per heavy atom. The summed E-state index contributed by atoms with van der Waals surface area (Å²) in [5.74, 6) is 3.78. The van der Waals surface area contributed by atoms with Gasteiger partial charge in [-0.2, -0.15) is 0 Å². The lowest BCUT2D eigenvalue weighted by atomic mass is 9.85. The molecule has 0 radical (unpaired) electrons. The van der Waals surface area contributed by atoms with Crippen molar-refractivity contribution in [2.45, 2.75) is 89.9 Å². The number of nitrogens with one attached hydrogen (secondary N) is 1. The van der Waals surface area contributed by atoms with Crippen LogP contribution in [0.1, 0.15) is 77.7 Å². The van der Waals surface area contributed by atoms with Crippen LogP contribution in [0.25, 0.3) is 0 Å². The fourth-order valence-electron chi connectivity index (χ4n) is 4.79. The quantitative estimate of drug-likeness (QED) is 0.574. The average molecular weight is 386 g/mol. The van der Waals surface area contributed by atoms with E-state index in [1.54, 1.807) is 12.4 Å². The summed E-state index contributed by atoms with van der Waals surface area (Å²) < 4.78 is 0. The number of aromatic nitrogens is 2. The second-order valence-corrected chi connectivity index (χ2v) is 14.3. The average Bonchev–Trinajstić information content (AvgIpc) is 2.63.